The predicted molar refractivity (Wildman–Crippen MR) is 73.2 cm³/mol. The van der Waals surface area contributed by atoms with Gasteiger partial charge in [0, 0.05) is 6.42 Å². The van der Waals surface area contributed by atoms with E-state index in [9.17, 15) is 9.59 Å². The highest BCUT2D eigenvalue weighted by atomic mass is 16.2. The second-order valence-corrected chi connectivity index (χ2v) is 5.40. The molecule has 0 aromatic heterocycles. The molecule has 0 spiro atoms. The Kier molecular flexibility index (Phi) is 6.10. The van der Waals surface area contributed by atoms with Gasteiger partial charge >= 0.3 is 0 Å². The van der Waals surface area contributed by atoms with Crippen molar-refractivity contribution in [1.82, 2.24) is 4.90 Å². The largest absolute Gasteiger partial charge is 0.329 e. The molecular formula is C15H25NO2. The number of carbonyl (C=O) groups is 2. The van der Waals surface area contributed by atoms with Crippen LogP contribution < -0.4 is 0 Å². The molecule has 1 rings (SSSR count). The highest BCUT2D eigenvalue weighted by Crippen LogP contribution is 2.24. The molecule has 0 fully saturated rings. The number of hydrogen-bond donors (Lipinski definition) is 0. The molecule has 3 atom stereocenters. The smallest absolute Gasteiger partial charge is 0.223 e. The maximum atomic E-state index is 12.3. The van der Waals surface area contributed by atoms with Crippen molar-refractivity contribution >= 4 is 12.2 Å². The van der Waals surface area contributed by atoms with Crippen LogP contribution in [0.3, 0.4) is 0 Å². The molecule has 0 N–H and O–H groups in total. The van der Waals surface area contributed by atoms with Crippen LogP contribution in [0.25, 0.3) is 0 Å². The van der Waals surface area contributed by atoms with Crippen LogP contribution in [0.2, 0.25) is 0 Å². The van der Waals surface area contributed by atoms with Gasteiger partial charge in [-0.1, -0.05) is 39.3 Å². The van der Waals surface area contributed by atoms with E-state index in [1.165, 1.54) is 0 Å². The van der Waals surface area contributed by atoms with Gasteiger partial charge in [-0.3, -0.25) is 4.79 Å². The molecular weight excluding hydrogens is 226 g/mol. The standard InChI is InChI=1S/C15H25NO2/c1-4-12(2)11-15(18)16(9-10-17)14-8-6-5-7-13(14)3/h6,8,10,12-14H,4-5,7,9,11H2,1-3H3. The minimum Gasteiger partial charge on any atom is -0.329 e. The van der Waals surface area contributed by atoms with Crippen molar-refractivity contribution in [1.29, 1.82) is 0 Å². The first-order valence-corrected chi connectivity index (χ1v) is 6.99. The number of allylic oxidation sites excluding steroid dienone is 1. The third-order valence-corrected chi connectivity index (χ3v) is 3.88. The lowest BCUT2D eigenvalue weighted by Crippen LogP contribution is -2.45. The van der Waals surface area contributed by atoms with Gasteiger partial charge in [-0.2, -0.15) is 0 Å². The topological polar surface area (TPSA) is 37.4 Å². The van der Waals surface area contributed by atoms with Gasteiger partial charge in [0.25, 0.3) is 0 Å². The molecule has 0 aromatic rings. The van der Waals surface area contributed by atoms with Crippen molar-refractivity contribution in [2.45, 2.75) is 52.5 Å². The molecule has 1 aliphatic carbocycles. The van der Waals surface area contributed by atoms with Crippen molar-refractivity contribution in [3.8, 4) is 0 Å². The Balaban J connectivity index is 2.74. The van der Waals surface area contributed by atoms with Crippen molar-refractivity contribution in [2.75, 3.05) is 6.54 Å². The van der Waals surface area contributed by atoms with Gasteiger partial charge < -0.3 is 9.69 Å². The van der Waals surface area contributed by atoms with E-state index >= 15 is 0 Å². The van der Waals surface area contributed by atoms with Crippen LogP contribution in [0.4, 0.5) is 0 Å². The number of aldehydes is 1. The summed E-state index contributed by atoms with van der Waals surface area (Å²) < 4.78 is 0. The SMILES string of the molecule is CCC(C)CC(=O)N(CC=O)C1C=CCCC1C. The Labute approximate surface area is 110 Å². The Bertz CT molecular complexity index is 312. The zero-order valence-corrected chi connectivity index (χ0v) is 11.8. The fourth-order valence-corrected chi connectivity index (χ4v) is 2.40. The molecule has 3 unspecified atom stereocenters. The summed E-state index contributed by atoms with van der Waals surface area (Å²) in [6.45, 7) is 6.54. The van der Waals surface area contributed by atoms with Crippen LogP contribution in [0.5, 0.6) is 0 Å². The van der Waals surface area contributed by atoms with E-state index in [1.807, 2.05) is 0 Å². The number of hydrogen-bond acceptors (Lipinski definition) is 2. The van der Waals surface area contributed by atoms with Gasteiger partial charge in [0.1, 0.15) is 6.29 Å². The summed E-state index contributed by atoms with van der Waals surface area (Å²) >= 11 is 0. The summed E-state index contributed by atoms with van der Waals surface area (Å²) in [5.41, 5.74) is 0. The number of nitrogens with zero attached hydrogens (tertiary/aromatic N) is 1. The molecule has 0 heterocycles. The quantitative estimate of drug-likeness (QED) is 0.537. The number of carbonyl (C=O) groups excluding carboxylic acids is 2. The molecule has 102 valence electrons. The molecule has 0 saturated carbocycles. The molecule has 0 aromatic carbocycles. The number of amides is 1. The van der Waals surface area contributed by atoms with E-state index in [4.69, 9.17) is 0 Å². The lowest BCUT2D eigenvalue weighted by molar-refractivity contribution is -0.136. The summed E-state index contributed by atoms with van der Waals surface area (Å²) in [4.78, 5) is 24.8. The normalized spacial score (nSPS) is 24.6. The van der Waals surface area contributed by atoms with E-state index in [2.05, 4.69) is 32.9 Å². The first-order valence-electron chi connectivity index (χ1n) is 6.99. The second-order valence-electron chi connectivity index (χ2n) is 5.40. The molecule has 3 heteroatoms. The van der Waals surface area contributed by atoms with E-state index in [-0.39, 0.29) is 18.5 Å². The van der Waals surface area contributed by atoms with E-state index < -0.39 is 0 Å². The van der Waals surface area contributed by atoms with E-state index in [0.29, 0.717) is 18.3 Å². The summed E-state index contributed by atoms with van der Waals surface area (Å²) in [6.07, 6.45) is 8.76. The Morgan fingerprint density at radius 1 is 1.56 bits per heavy atom. The van der Waals surface area contributed by atoms with E-state index in [0.717, 1.165) is 25.5 Å². The summed E-state index contributed by atoms with van der Waals surface area (Å²) in [5, 5.41) is 0. The first-order chi connectivity index (χ1) is 8.60. The van der Waals surface area contributed by atoms with E-state index in [1.54, 1.807) is 4.90 Å². The molecule has 1 aliphatic rings. The summed E-state index contributed by atoms with van der Waals surface area (Å²) in [5.74, 6) is 0.935. The van der Waals surface area contributed by atoms with Crippen LogP contribution in [0.1, 0.15) is 46.5 Å². The average Bonchev–Trinajstić information content (AvgIpc) is 2.36. The van der Waals surface area contributed by atoms with Crippen LogP contribution >= 0.6 is 0 Å². The maximum absolute atomic E-state index is 12.3. The van der Waals surface area contributed by atoms with Gasteiger partial charge in [0.15, 0.2) is 0 Å². The Morgan fingerprint density at radius 3 is 2.83 bits per heavy atom. The minimum atomic E-state index is 0.0977. The second kappa shape index (κ2) is 7.34. The van der Waals surface area contributed by atoms with Crippen LogP contribution in [0, 0.1) is 11.8 Å². The zero-order valence-electron chi connectivity index (χ0n) is 11.8. The molecule has 0 aliphatic heterocycles. The lowest BCUT2D eigenvalue weighted by Gasteiger charge is -2.35. The average molecular weight is 251 g/mol. The van der Waals surface area contributed by atoms with Crippen LogP contribution in [0.15, 0.2) is 12.2 Å². The van der Waals surface area contributed by atoms with Crippen LogP contribution in [-0.4, -0.2) is 29.7 Å². The fraction of sp³-hybridized carbons (Fsp3) is 0.733. The first kappa shape index (κ1) is 14.9. The molecule has 0 radical (unpaired) electrons. The van der Waals surface area contributed by atoms with Gasteiger partial charge in [-0.05, 0) is 24.7 Å². The monoisotopic (exact) mass is 251 g/mol. The van der Waals surface area contributed by atoms with Gasteiger partial charge in [-0.15, -0.1) is 0 Å². The van der Waals surface area contributed by atoms with Crippen molar-refractivity contribution in [3.63, 3.8) is 0 Å². The zero-order chi connectivity index (χ0) is 13.5. The maximum Gasteiger partial charge on any atom is 0.223 e. The Morgan fingerprint density at radius 2 is 2.28 bits per heavy atom. The predicted octanol–water partition coefficient (Wildman–Crippen LogP) is 2.80. The summed E-state index contributed by atoms with van der Waals surface area (Å²) in [7, 11) is 0. The molecule has 1 amide bonds. The van der Waals surface area contributed by atoms with Gasteiger partial charge in [-0.25, -0.2) is 0 Å². The van der Waals surface area contributed by atoms with Crippen molar-refractivity contribution in [2.24, 2.45) is 11.8 Å². The summed E-state index contributed by atoms with van der Waals surface area (Å²) in [6, 6.07) is 0.0977. The molecule has 18 heavy (non-hydrogen) atoms. The third-order valence-electron chi connectivity index (χ3n) is 3.88. The number of rotatable bonds is 6. The fourth-order valence-electron chi connectivity index (χ4n) is 2.40. The third kappa shape index (κ3) is 3.97. The van der Waals surface area contributed by atoms with Crippen molar-refractivity contribution in [3.05, 3.63) is 12.2 Å². The molecule has 3 nitrogen and oxygen atoms in total. The highest BCUT2D eigenvalue weighted by molar-refractivity contribution is 5.79. The molecule has 0 saturated heterocycles. The molecule has 0 bridgehead atoms. The van der Waals surface area contributed by atoms with Gasteiger partial charge in [0.05, 0.1) is 12.6 Å². The van der Waals surface area contributed by atoms with Gasteiger partial charge in [0.2, 0.25) is 5.91 Å². The van der Waals surface area contributed by atoms with Crippen molar-refractivity contribution < 1.29 is 9.59 Å². The minimum absolute atomic E-state index is 0.0977. The van der Waals surface area contributed by atoms with Crippen LogP contribution in [-0.2, 0) is 9.59 Å². The highest BCUT2D eigenvalue weighted by Gasteiger charge is 2.27. The lowest BCUT2D eigenvalue weighted by atomic mass is 9.89. The Hall–Kier alpha value is -1.12.